The minimum Gasteiger partial charge on any atom is -0.481 e. The Hall–Kier alpha value is -2.83. The van der Waals surface area contributed by atoms with Gasteiger partial charge in [0.2, 0.25) is 0 Å². The lowest BCUT2D eigenvalue weighted by Gasteiger charge is -2.34. The van der Waals surface area contributed by atoms with Crippen molar-refractivity contribution in [2.45, 2.75) is 76.8 Å². The summed E-state index contributed by atoms with van der Waals surface area (Å²) in [5.41, 5.74) is 6.10. The standard InChI is InChI=1S/C26H35N5O2/c1-16(12-18-14-27-29(3)15-18)25-28-24-21-9-8-17(2)30(4)22(21)10-11-23(24)31(25)20-7-5-6-19(13-20)26(32)33/h10-11,14-17,19-20H,5-9,12-13H2,1-4H3,(H,32,33). The average molecular weight is 450 g/mol. The predicted octanol–water partition coefficient (Wildman–Crippen LogP) is 4.70. The van der Waals surface area contributed by atoms with Gasteiger partial charge in [0.1, 0.15) is 5.82 Å². The Morgan fingerprint density at radius 1 is 1.24 bits per heavy atom. The van der Waals surface area contributed by atoms with Crippen LogP contribution >= 0.6 is 0 Å². The number of carboxylic acids is 1. The van der Waals surface area contributed by atoms with Crippen molar-refractivity contribution in [1.82, 2.24) is 19.3 Å². The molecule has 2 aromatic heterocycles. The van der Waals surface area contributed by atoms with Crippen molar-refractivity contribution < 1.29 is 9.90 Å². The number of nitrogens with zero attached hydrogens (tertiary/aromatic N) is 5. The maximum atomic E-state index is 11.8. The number of fused-ring (bicyclic) bond motifs is 3. The van der Waals surface area contributed by atoms with Crippen molar-refractivity contribution in [3.63, 3.8) is 0 Å². The molecule has 0 radical (unpaired) electrons. The van der Waals surface area contributed by atoms with Gasteiger partial charge < -0.3 is 14.6 Å². The van der Waals surface area contributed by atoms with Gasteiger partial charge in [-0.05, 0) is 63.1 Å². The number of hydrogen-bond acceptors (Lipinski definition) is 4. The van der Waals surface area contributed by atoms with Gasteiger partial charge >= 0.3 is 5.97 Å². The van der Waals surface area contributed by atoms with Crippen LogP contribution in [0.1, 0.15) is 74.9 Å². The monoisotopic (exact) mass is 449 g/mol. The molecule has 1 saturated carbocycles. The topological polar surface area (TPSA) is 76.2 Å². The maximum Gasteiger partial charge on any atom is 0.306 e. The zero-order chi connectivity index (χ0) is 23.3. The number of imidazole rings is 1. The molecule has 7 nitrogen and oxygen atoms in total. The Morgan fingerprint density at radius 3 is 2.79 bits per heavy atom. The molecule has 7 heteroatoms. The highest BCUT2D eigenvalue weighted by Crippen LogP contribution is 2.41. The molecule has 1 aliphatic heterocycles. The molecule has 176 valence electrons. The zero-order valence-electron chi connectivity index (χ0n) is 20.2. The van der Waals surface area contributed by atoms with Gasteiger partial charge in [-0.2, -0.15) is 5.10 Å². The Bertz CT molecular complexity index is 1180. The van der Waals surface area contributed by atoms with E-state index < -0.39 is 5.97 Å². The Kier molecular flexibility index (Phi) is 5.67. The van der Waals surface area contributed by atoms with Gasteiger partial charge in [-0.25, -0.2) is 4.98 Å². The number of aryl methyl sites for hydroxylation is 2. The molecule has 1 N–H and O–H groups in total. The highest BCUT2D eigenvalue weighted by Gasteiger charge is 2.33. The average Bonchev–Trinajstić information content (AvgIpc) is 3.39. The van der Waals surface area contributed by atoms with Crippen LogP contribution in [0.3, 0.4) is 0 Å². The molecule has 0 spiro atoms. The number of anilines is 1. The SMILES string of the molecule is CC(Cc1cnn(C)c1)c1nc2c3c(ccc2n1C1CCCC(C(=O)O)C1)N(C)C(C)CC3. The second-order valence-corrected chi connectivity index (χ2v) is 10.3. The van der Waals surface area contributed by atoms with Gasteiger partial charge in [0.15, 0.2) is 0 Å². The van der Waals surface area contributed by atoms with Crippen LogP contribution in [-0.4, -0.2) is 43.5 Å². The number of carboxylic acid groups (broad SMARTS) is 1. The zero-order valence-corrected chi connectivity index (χ0v) is 20.2. The highest BCUT2D eigenvalue weighted by molar-refractivity contribution is 5.86. The van der Waals surface area contributed by atoms with E-state index in [1.165, 1.54) is 22.3 Å². The van der Waals surface area contributed by atoms with Gasteiger partial charge in [-0.15, -0.1) is 0 Å². The first kappa shape index (κ1) is 22.0. The number of benzene rings is 1. The molecule has 1 fully saturated rings. The van der Waals surface area contributed by atoms with Gasteiger partial charge in [0.25, 0.3) is 0 Å². The van der Waals surface area contributed by atoms with Crippen molar-refractivity contribution in [3.8, 4) is 0 Å². The molecule has 3 heterocycles. The summed E-state index contributed by atoms with van der Waals surface area (Å²) in [4.78, 5) is 19.5. The molecule has 4 unspecified atom stereocenters. The van der Waals surface area contributed by atoms with Crippen molar-refractivity contribution >= 4 is 22.7 Å². The van der Waals surface area contributed by atoms with Gasteiger partial charge in [0.05, 0.1) is 23.1 Å². The molecule has 1 aliphatic carbocycles. The van der Waals surface area contributed by atoms with Crippen LogP contribution < -0.4 is 4.90 Å². The summed E-state index contributed by atoms with van der Waals surface area (Å²) < 4.78 is 4.25. The molecule has 1 aromatic carbocycles. The predicted molar refractivity (Wildman–Crippen MR) is 130 cm³/mol. The van der Waals surface area contributed by atoms with E-state index in [2.05, 4.69) is 53.8 Å². The third-order valence-corrected chi connectivity index (χ3v) is 7.92. The Balaban J connectivity index is 1.62. The lowest BCUT2D eigenvalue weighted by atomic mass is 9.85. The maximum absolute atomic E-state index is 11.8. The van der Waals surface area contributed by atoms with Gasteiger partial charge in [-0.1, -0.05) is 13.3 Å². The van der Waals surface area contributed by atoms with Crippen LogP contribution in [-0.2, 0) is 24.7 Å². The molecule has 0 bridgehead atoms. The van der Waals surface area contributed by atoms with E-state index in [4.69, 9.17) is 4.98 Å². The summed E-state index contributed by atoms with van der Waals surface area (Å²) in [5, 5.41) is 14.1. The van der Waals surface area contributed by atoms with E-state index in [9.17, 15) is 9.90 Å². The summed E-state index contributed by atoms with van der Waals surface area (Å²) in [6.07, 6.45) is 10.4. The Labute approximate surface area is 195 Å². The van der Waals surface area contributed by atoms with Gasteiger partial charge in [0, 0.05) is 49.5 Å². The van der Waals surface area contributed by atoms with Crippen molar-refractivity contribution in [2.75, 3.05) is 11.9 Å². The first-order valence-corrected chi connectivity index (χ1v) is 12.3. The minimum atomic E-state index is -0.665. The molecule has 0 amide bonds. The van der Waals surface area contributed by atoms with Crippen molar-refractivity contribution in [1.29, 1.82) is 0 Å². The quantitative estimate of drug-likeness (QED) is 0.611. The fourth-order valence-corrected chi connectivity index (χ4v) is 5.96. The lowest BCUT2D eigenvalue weighted by molar-refractivity contribution is -0.143. The van der Waals surface area contributed by atoms with E-state index in [0.717, 1.165) is 49.9 Å². The van der Waals surface area contributed by atoms with Crippen molar-refractivity contribution in [2.24, 2.45) is 13.0 Å². The van der Waals surface area contributed by atoms with E-state index in [1.54, 1.807) is 0 Å². The molecular formula is C26H35N5O2. The molecule has 2 aliphatic rings. The van der Waals surface area contributed by atoms with E-state index in [0.29, 0.717) is 12.5 Å². The second-order valence-electron chi connectivity index (χ2n) is 10.3. The second kappa shape index (κ2) is 8.50. The number of hydrogen-bond donors (Lipinski definition) is 1. The number of rotatable bonds is 5. The summed E-state index contributed by atoms with van der Waals surface area (Å²) in [6.45, 7) is 4.52. The summed E-state index contributed by atoms with van der Waals surface area (Å²) in [7, 11) is 4.12. The fourth-order valence-electron chi connectivity index (χ4n) is 5.96. The van der Waals surface area contributed by atoms with E-state index in [-0.39, 0.29) is 17.9 Å². The van der Waals surface area contributed by atoms with Crippen molar-refractivity contribution in [3.05, 3.63) is 41.5 Å². The van der Waals surface area contributed by atoms with E-state index in [1.807, 2.05) is 17.9 Å². The molecule has 0 saturated heterocycles. The van der Waals surface area contributed by atoms with Crippen LogP contribution in [0.2, 0.25) is 0 Å². The molecular weight excluding hydrogens is 414 g/mol. The fraction of sp³-hybridized carbons (Fsp3) is 0.577. The lowest BCUT2D eigenvalue weighted by Crippen LogP contribution is -2.33. The first-order valence-electron chi connectivity index (χ1n) is 12.3. The number of carbonyl (C=O) groups is 1. The largest absolute Gasteiger partial charge is 0.481 e. The summed E-state index contributed by atoms with van der Waals surface area (Å²) in [6, 6.07) is 5.17. The molecule has 3 aromatic rings. The minimum absolute atomic E-state index is 0.175. The Morgan fingerprint density at radius 2 is 2.06 bits per heavy atom. The third-order valence-electron chi connectivity index (χ3n) is 7.92. The smallest absolute Gasteiger partial charge is 0.306 e. The summed E-state index contributed by atoms with van der Waals surface area (Å²) in [5.74, 6) is 0.358. The van der Waals surface area contributed by atoms with Crippen LogP contribution in [0.5, 0.6) is 0 Å². The molecule has 5 rings (SSSR count). The van der Waals surface area contributed by atoms with Gasteiger partial charge in [-0.3, -0.25) is 9.48 Å². The normalized spacial score (nSPS) is 24.1. The number of aliphatic carboxylic acids is 1. The first-order chi connectivity index (χ1) is 15.8. The molecule has 4 atom stereocenters. The summed E-state index contributed by atoms with van der Waals surface area (Å²) >= 11 is 0. The number of aromatic nitrogens is 4. The van der Waals surface area contributed by atoms with Crippen LogP contribution in [0, 0.1) is 5.92 Å². The third kappa shape index (κ3) is 3.91. The van der Waals surface area contributed by atoms with E-state index >= 15 is 0 Å². The highest BCUT2D eigenvalue weighted by atomic mass is 16.4. The van der Waals surface area contributed by atoms with Crippen LogP contribution in [0.4, 0.5) is 5.69 Å². The molecule has 33 heavy (non-hydrogen) atoms. The van der Waals surface area contributed by atoms with Crippen LogP contribution in [0.25, 0.3) is 11.0 Å². The van der Waals surface area contributed by atoms with Crippen LogP contribution in [0.15, 0.2) is 24.5 Å².